The number of ether oxygens (including phenoxy) is 4. The van der Waals surface area contributed by atoms with Gasteiger partial charge in [0.25, 0.3) is 0 Å². The molecular weight excluding hydrogens is 1250 g/mol. The van der Waals surface area contributed by atoms with Crippen LogP contribution in [-0.2, 0) is 65.4 Å². The summed E-state index contributed by atoms with van der Waals surface area (Å²) in [4.78, 5) is 72.7. The van der Waals surface area contributed by atoms with Gasteiger partial charge in [-0.25, -0.2) is 9.13 Å². The van der Waals surface area contributed by atoms with E-state index in [1.807, 2.05) is 0 Å². The summed E-state index contributed by atoms with van der Waals surface area (Å²) in [5.41, 5.74) is 0. The third-order valence-electron chi connectivity index (χ3n) is 17.8. The fourth-order valence-corrected chi connectivity index (χ4v) is 13.3. The highest BCUT2D eigenvalue weighted by Crippen LogP contribution is 2.45. The van der Waals surface area contributed by atoms with Crippen molar-refractivity contribution in [2.45, 2.75) is 419 Å². The van der Waals surface area contributed by atoms with E-state index in [-0.39, 0.29) is 25.7 Å². The van der Waals surface area contributed by atoms with Crippen LogP contribution in [0.3, 0.4) is 0 Å². The van der Waals surface area contributed by atoms with Crippen LogP contribution in [0.4, 0.5) is 0 Å². The second-order valence-corrected chi connectivity index (χ2v) is 30.8. The van der Waals surface area contributed by atoms with Crippen LogP contribution < -0.4 is 0 Å². The average Bonchev–Trinajstić information content (AvgIpc) is 2.50. The molecule has 0 aliphatic rings. The van der Waals surface area contributed by atoms with Gasteiger partial charge in [0, 0.05) is 25.7 Å². The molecule has 0 spiro atoms. The Kier molecular flexibility index (Phi) is 67.7. The van der Waals surface area contributed by atoms with Crippen molar-refractivity contribution in [3.05, 3.63) is 0 Å². The number of phosphoric ester groups is 2. The van der Waals surface area contributed by atoms with E-state index in [1.54, 1.807) is 0 Å². The Morgan fingerprint density at radius 1 is 0.284 bits per heavy atom. The van der Waals surface area contributed by atoms with Gasteiger partial charge >= 0.3 is 39.5 Å². The molecule has 0 aliphatic heterocycles. The molecule has 2 unspecified atom stereocenters. The molecule has 0 fully saturated rings. The van der Waals surface area contributed by atoms with E-state index in [2.05, 4.69) is 34.6 Å². The van der Waals surface area contributed by atoms with Gasteiger partial charge in [0.1, 0.15) is 19.3 Å². The number of aliphatic hydroxyl groups excluding tert-OH is 1. The Morgan fingerprint density at radius 3 is 0.716 bits per heavy atom. The minimum absolute atomic E-state index is 0.108. The molecule has 0 bridgehead atoms. The largest absolute Gasteiger partial charge is 0.472 e. The van der Waals surface area contributed by atoms with E-state index in [4.69, 9.17) is 37.0 Å². The summed E-state index contributed by atoms with van der Waals surface area (Å²) in [5.74, 6) is -1.35. The van der Waals surface area contributed by atoms with Crippen LogP contribution in [0.1, 0.15) is 401 Å². The van der Waals surface area contributed by atoms with Crippen molar-refractivity contribution in [3.8, 4) is 0 Å². The lowest BCUT2D eigenvalue weighted by molar-refractivity contribution is -0.161. The summed E-state index contributed by atoms with van der Waals surface area (Å²) >= 11 is 0. The van der Waals surface area contributed by atoms with Crippen molar-refractivity contribution in [1.29, 1.82) is 0 Å². The van der Waals surface area contributed by atoms with Crippen molar-refractivity contribution in [1.82, 2.24) is 0 Å². The highest BCUT2D eigenvalue weighted by Gasteiger charge is 2.30. The maximum Gasteiger partial charge on any atom is 0.472 e. The van der Waals surface area contributed by atoms with Gasteiger partial charge in [0.15, 0.2) is 12.2 Å². The Labute approximate surface area is 581 Å². The molecule has 0 heterocycles. The van der Waals surface area contributed by atoms with Gasteiger partial charge in [-0.1, -0.05) is 349 Å². The fourth-order valence-electron chi connectivity index (χ4n) is 11.7. The predicted molar refractivity (Wildman–Crippen MR) is 386 cm³/mol. The first-order chi connectivity index (χ1) is 46.0. The maximum atomic E-state index is 13.1. The highest BCUT2D eigenvalue weighted by atomic mass is 31.2. The average molecular weight is 1400 g/mol. The first-order valence-electron chi connectivity index (χ1n) is 39.6. The SMILES string of the molecule is CCCCCCCCCCCCCCCCCCCCCCC(=O)O[C@H](COC(=O)CCCCCCCCCCCCCC(C)C)COP(=O)(O)OC[C@@H](O)COP(=O)(O)OC[C@@H](COC(=O)CCCCCCCCC)OC(=O)CCCCCCCCCCCCCCCC. The van der Waals surface area contributed by atoms with Crippen LogP contribution >= 0.6 is 15.6 Å². The van der Waals surface area contributed by atoms with Gasteiger partial charge in [0.05, 0.1) is 26.4 Å². The molecule has 0 aromatic heterocycles. The molecule has 5 atom stereocenters. The van der Waals surface area contributed by atoms with Gasteiger partial charge in [-0.3, -0.25) is 37.3 Å². The summed E-state index contributed by atoms with van der Waals surface area (Å²) in [6.45, 7) is 7.26. The summed E-state index contributed by atoms with van der Waals surface area (Å²) in [6, 6.07) is 0. The predicted octanol–water partition coefficient (Wildman–Crippen LogP) is 22.5. The number of aliphatic hydroxyl groups is 1. The zero-order valence-corrected chi connectivity index (χ0v) is 63.6. The van der Waals surface area contributed by atoms with E-state index in [0.29, 0.717) is 25.7 Å². The van der Waals surface area contributed by atoms with E-state index >= 15 is 0 Å². The molecule has 0 saturated heterocycles. The molecule has 0 aromatic carbocycles. The fraction of sp³-hybridized carbons (Fsp3) is 0.947. The molecule has 0 aromatic rings. The Bertz CT molecular complexity index is 1820. The molecule has 19 heteroatoms. The standard InChI is InChI=1S/C76H148O17P2/c1-6-9-12-15-18-20-22-24-26-27-28-29-30-31-33-37-42-47-52-57-62-76(81)93-72(66-87-74(79)60-55-50-45-40-38-34-35-39-44-48-53-58-69(4)5)68-91-95(84,85)89-64-70(77)63-88-94(82,83)90-67-71(65-86-73(78)59-54-49-43-17-14-11-8-3)92-75(80)61-56-51-46-41-36-32-25-23-21-19-16-13-10-7-2/h69-72,77H,6-68H2,1-5H3,(H,82,83)(H,84,85)/t70-,71+,72+/m0/s1. The number of carbonyl (C=O) groups excluding carboxylic acids is 4. The monoisotopic (exact) mass is 1400 g/mol. The topological polar surface area (TPSA) is 237 Å². The van der Waals surface area contributed by atoms with Crippen molar-refractivity contribution in [2.24, 2.45) is 5.92 Å². The minimum Gasteiger partial charge on any atom is -0.462 e. The molecule has 564 valence electrons. The van der Waals surface area contributed by atoms with Gasteiger partial charge in [-0.15, -0.1) is 0 Å². The third kappa shape index (κ3) is 70.3. The summed E-state index contributed by atoms with van der Waals surface area (Å²) in [6.07, 6.45) is 58.4. The second-order valence-electron chi connectivity index (χ2n) is 27.9. The smallest absolute Gasteiger partial charge is 0.462 e. The Balaban J connectivity index is 5.17. The molecule has 3 N–H and O–H groups in total. The first kappa shape index (κ1) is 93.1. The number of esters is 4. The number of carbonyl (C=O) groups is 4. The maximum absolute atomic E-state index is 13.1. The number of unbranched alkanes of at least 4 members (excludes halogenated alkanes) is 48. The number of phosphoric acid groups is 2. The Morgan fingerprint density at radius 2 is 0.484 bits per heavy atom. The van der Waals surface area contributed by atoms with Gasteiger partial charge in [0.2, 0.25) is 0 Å². The molecular formula is C76H148O17P2. The van der Waals surface area contributed by atoms with Crippen LogP contribution in [0, 0.1) is 5.92 Å². The van der Waals surface area contributed by atoms with Gasteiger partial charge in [-0.2, -0.15) is 0 Å². The number of hydrogen-bond acceptors (Lipinski definition) is 15. The Hall–Kier alpha value is -1.94. The first-order valence-corrected chi connectivity index (χ1v) is 42.6. The number of hydrogen-bond donors (Lipinski definition) is 3. The van der Waals surface area contributed by atoms with Crippen LogP contribution in [-0.4, -0.2) is 96.7 Å². The van der Waals surface area contributed by atoms with Crippen LogP contribution in [0.15, 0.2) is 0 Å². The quantitative estimate of drug-likeness (QED) is 0.0222. The van der Waals surface area contributed by atoms with Crippen LogP contribution in [0.5, 0.6) is 0 Å². The molecule has 0 amide bonds. The molecule has 0 saturated carbocycles. The molecule has 17 nitrogen and oxygen atoms in total. The molecule has 95 heavy (non-hydrogen) atoms. The summed E-state index contributed by atoms with van der Waals surface area (Å²) < 4.78 is 68.4. The van der Waals surface area contributed by atoms with E-state index in [9.17, 15) is 43.2 Å². The minimum atomic E-state index is -4.96. The third-order valence-corrected chi connectivity index (χ3v) is 19.7. The van der Waals surface area contributed by atoms with E-state index < -0.39 is 97.5 Å². The van der Waals surface area contributed by atoms with Gasteiger partial charge in [-0.05, 0) is 31.6 Å². The zero-order chi connectivity index (χ0) is 69.8. The normalized spacial score (nSPS) is 13.9. The summed E-state index contributed by atoms with van der Waals surface area (Å²) in [7, 11) is -9.90. The zero-order valence-electron chi connectivity index (χ0n) is 61.8. The highest BCUT2D eigenvalue weighted by molar-refractivity contribution is 7.47. The lowest BCUT2D eigenvalue weighted by atomic mass is 10.0. The van der Waals surface area contributed by atoms with Crippen LogP contribution in [0.25, 0.3) is 0 Å². The lowest BCUT2D eigenvalue weighted by Crippen LogP contribution is -2.30. The molecule has 0 radical (unpaired) electrons. The second kappa shape index (κ2) is 69.2. The number of rotatable bonds is 76. The van der Waals surface area contributed by atoms with Crippen LogP contribution in [0.2, 0.25) is 0 Å². The molecule has 0 rings (SSSR count). The van der Waals surface area contributed by atoms with Crippen molar-refractivity contribution in [2.75, 3.05) is 39.6 Å². The van der Waals surface area contributed by atoms with E-state index in [0.717, 1.165) is 109 Å². The van der Waals surface area contributed by atoms with Crippen molar-refractivity contribution in [3.63, 3.8) is 0 Å². The lowest BCUT2D eigenvalue weighted by Gasteiger charge is -2.21. The van der Waals surface area contributed by atoms with Crippen molar-refractivity contribution >= 4 is 39.5 Å². The molecule has 0 aliphatic carbocycles. The van der Waals surface area contributed by atoms with Gasteiger partial charge < -0.3 is 33.8 Å². The van der Waals surface area contributed by atoms with E-state index in [1.165, 1.54) is 212 Å². The summed E-state index contributed by atoms with van der Waals surface area (Å²) in [5, 5.41) is 10.6. The van der Waals surface area contributed by atoms with Crippen molar-refractivity contribution < 1.29 is 80.2 Å².